The van der Waals surface area contributed by atoms with Gasteiger partial charge in [-0.15, -0.1) is 11.3 Å². The predicted molar refractivity (Wildman–Crippen MR) is 79.1 cm³/mol. The van der Waals surface area contributed by atoms with Crippen molar-refractivity contribution >= 4 is 37.3 Å². The maximum absolute atomic E-state index is 11.3. The number of rotatable bonds is 4. The summed E-state index contributed by atoms with van der Waals surface area (Å²) >= 11 is 1.11. The van der Waals surface area contributed by atoms with Crippen LogP contribution in [0.15, 0.2) is 22.5 Å². The van der Waals surface area contributed by atoms with Gasteiger partial charge in [-0.2, -0.15) is 0 Å². The zero-order chi connectivity index (χ0) is 14.2. The minimum Gasteiger partial charge on any atom is -0.369 e. The lowest BCUT2D eigenvalue weighted by atomic mass is 10.2. The fourth-order valence-corrected chi connectivity index (χ4v) is 3.73. The molecule has 2 aromatic rings. The zero-order valence-electron chi connectivity index (χ0n) is 11.1. The molecule has 0 spiro atoms. The van der Waals surface area contributed by atoms with E-state index in [9.17, 15) is 8.42 Å². The van der Waals surface area contributed by atoms with Gasteiger partial charge >= 0.3 is 0 Å². The quantitative estimate of drug-likeness (QED) is 0.938. The molecule has 0 saturated heterocycles. The fourth-order valence-electron chi connectivity index (χ4n) is 2.04. The van der Waals surface area contributed by atoms with Crippen LogP contribution >= 0.6 is 11.3 Å². The van der Waals surface area contributed by atoms with Gasteiger partial charge < -0.3 is 4.90 Å². The van der Waals surface area contributed by atoms with E-state index >= 15 is 0 Å². The molecule has 0 aliphatic carbocycles. The Kier molecular flexibility index (Phi) is 3.80. The Morgan fingerprint density at radius 1 is 1.42 bits per heavy atom. The lowest BCUT2D eigenvalue weighted by Gasteiger charge is -2.27. The van der Waals surface area contributed by atoms with E-state index in [1.54, 1.807) is 0 Å². The predicted octanol–water partition coefficient (Wildman–Crippen LogP) is 2.18. The van der Waals surface area contributed by atoms with Gasteiger partial charge in [0.1, 0.15) is 0 Å². The molecule has 1 aromatic carbocycles. The number of nitrogens with zero attached hydrogens (tertiary/aromatic N) is 2. The van der Waals surface area contributed by atoms with Crippen molar-refractivity contribution < 1.29 is 8.42 Å². The van der Waals surface area contributed by atoms with Crippen molar-refractivity contribution in [2.24, 2.45) is 5.14 Å². The number of sulfonamides is 1. The number of nitrogens with two attached hydrogens (primary N) is 1. The smallest absolute Gasteiger partial charge is 0.265 e. The van der Waals surface area contributed by atoms with Crippen molar-refractivity contribution in [3.05, 3.63) is 18.2 Å². The van der Waals surface area contributed by atoms with Crippen LogP contribution in [-0.2, 0) is 10.0 Å². The Morgan fingerprint density at radius 3 is 2.63 bits per heavy atom. The molecular weight excluding hydrogens is 282 g/mol. The number of hydrogen-bond acceptors (Lipinski definition) is 5. The first-order valence-corrected chi connectivity index (χ1v) is 8.39. The molecule has 0 atom stereocenters. The van der Waals surface area contributed by atoms with E-state index in [0.29, 0.717) is 11.6 Å². The van der Waals surface area contributed by atoms with Crippen LogP contribution in [0.4, 0.5) is 5.69 Å². The van der Waals surface area contributed by atoms with E-state index in [-0.39, 0.29) is 4.34 Å². The van der Waals surface area contributed by atoms with Gasteiger partial charge in [-0.25, -0.2) is 18.5 Å². The van der Waals surface area contributed by atoms with Gasteiger partial charge in [0.2, 0.25) is 4.34 Å². The SMILES string of the molecule is CCN(c1ccc2nc(S(N)(=O)=O)sc2c1)C(C)C. The summed E-state index contributed by atoms with van der Waals surface area (Å²) in [5.74, 6) is 0. The number of hydrogen-bond donors (Lipinski definition) is 1. The second-order valence-corrected chi connectivity index (χ2v) is 7.32. The molecule has 0 aliphatic heterocycles. The van der Waals surface area contributed by atoms with Gasteiger partial charge in [0, 0.05) is 18.3 Å². The average Bonchev–Trinajstić information content (AvgIpc) is 2.72. The van der Waals surface area contributed by atoms with Crippen molar-refractivity contribution in [2.45, 2.75) is 31.2 Å². The highest BCUT2D eigenvalue weighted by molar-refractivity contribution is 7.91. The van der Waals surface area contributed by atoms with Crippen molar-refractivity contribution in [2.75, 3.05) is 11.4 Å². The van der Waals surface area contributed by atoms with Crippen LogP contribution in [0, 0.1) is 0 Å². The molecule has 104 valence electrons. The second kappa shape index (κ2) is 5.07. The molecule has 5 nitrogen and oxygen atoms in total. The summed E-state index contributed by atoms with van der Waals surface area (Å²) in [6.45, 7) is 7.23. The highest BCUT2D eigenvalue weighted by Crippen LogP contribution is 2.29. The molecule has 2 N–H and O–H groups in total. The van der Waals surface area contributed by atoms with Gasteiger partial charge in [-0.05, 0) is 39.0 Å². The molecule has 0 amide bonds. The molecule has 0 aliphatic rings. The van der Waals surface area contributed by atoms with E-state index in [1.165, 1.54) is 0 Å². The first-order chi connectivity index (χ1) is 8.82. The maximum Gasteiger partial charge on any atom is 0.265 e. The summed E-state index contributed by atoms with van der Waals surface area (Å²) in [5.41, 5.74) is 1.73. The molecule has 7 heteroatoms. The monoisotopic (exact) mass is 299 g/mol. The molecule has 0 radical (unpaired) electrons. The fraction of sp³-hybridized carbons (Fsp3) is 0.417. The Labute approximate surface area is 117 Å². The Bertz CT molecular complexity index is 692. The molecule has 1 heterocycles. The molecule has 0 fully saturated rings. The van der Waals surface area contributed by atoms with Gasteiger partial charge in [0.15, 0.2) is 0 Å². The lowest BCUT2D eigenvalue weighted by Crippen LogP contribution is -2.30. The van der Waals surface area contributed by atoms with Crippen LogP contribution in [0.1, 0.15) is 20.8 Å². The first kappa shape index (κ1) is 14.2. The van der Waals surface area contributed by atoms with Crippen molar-refractivity contribution in [1.29, 1.82) is 0 Å². The summed E-state index contributed by atoms with van der Waals surface area (Å²) in [5, 5.41) is 5.10. The van der Waals surface area contributed by atoms with Crippen molar-refractivity contribution in [1.82, 2.24) is 4.98 Å². The van der Waals surface area contributed by atoms with Crippen LogP contribution < -0.4 is 10.0 Å². The van der Waals surface area contributed by atoms with E-state index in [2.05, 4.69) is 30.7 Å². The summed E-state index contributed by atoms with van der Waals surface area (Å²) in [7, 11) is -3.73. The summed E-state index contributed by atoms with van der Waals surface area (Å²) in [6.07, 6.45) is 0. The van der Waals surface area contributed by atoms with E-state index in [0.717, 1.165) is 28.3 Å². The largest absolute Gasteiger partial charge is 0.369 e. The van der Waals surface area contributed by atoms with E-state index in [4.69, 9.17) is 5.14 Å². The average molecular weight is 299 g/mol. The highest BCUT2D eigenvalue weighted by atomic mass is 32.2. The molecule has 0 bridgehead atoms. The minimum absolute atomic E-state index is 0.0350. The zero-order valence-corrected chi connectivity index (χ0v) is 12.8. The van der Waals surface area contributed by atoms with Gasteiger partial charge in [-0.3, -0.25) is 0 Å². The van der Waals surface area contributed by atoms with Crippen LogP contribution in [0.3, 0.4) is 0 Å². The first-order valence-electron chi connectivity index (χ1n) is 6.03. The molecule has 2 rings (SSSR count). The van der Waals surface area contributed by atoms with Crippen LogP contribution in [0.25, 0.3) is 10.2 Å². The van der Waals surface area contributed by atoms with E-state index in [1.807, 2.05) is 18.2 Å². The lowest BCUT2D eigenvalue weighted by molar-refractivity contribution is 0.597. The van der Waals surface area contributed by atoms with Gasteiger partial charge in [-0.1, -0.05) is 0 Å². The van der Waals surface area contributed by atoms with Crippen LogP contribution in [0.2, 0.25) is 0 Å². The number of anilines is 1. The molecule has 0 saturated carbocycles. The normalized spacial score (nSPS) is 12.3. The third-order valence-corrected chi connectivity index (χ3v) is 5.23. The number of primary sulfonamides is 1. The molecule has 0 unspecified atom stereocenters. The summed E-state index contributed by atoms with van der Waals surface area (Å²) in [6, 6.07) is 6.14. The van der Waals surface area contributed by atoms with Crippen molar-refractivity contribution in [3.8, 4) is 0 Å². The summed E-state index contributed by atoms with van der Waals surface area (Å²) in [4.78, 5) is 6.27. The molecule has 19 heavy (non-hydrogen) atoms. The highest BCUT2D eigenvalue weighted by Gasteiger charge is 2.16. The molecular formula is C12H17N3O2S2. The second-order valence-electron chi connectivity index (χ2n) is 4.56. The Balaban J connectivity index is 2.52. The Morgan fingerprint density at radius 2 is 2.11 bits per heavy atom. The van der Waals surface area contributed by atoms with Crippen LogP contribution in [-0.4, -0.2) is 26.0 Å². The third-order valence-electron chi connectivity index (χ3n) is 2.89. The maximum atomic E-state index is 11.3. The van der Waals surface area contributed by atoms with Crippen molar-refractivity contribution in [3.63, 3.8) is 0 Å². The third kappa shape index (κ3) is 2.88. The number of aromatic nitrogens is 1. The number of thiazole rings is 1. The minimum atomic E-state index is -3.73. The van der Waals surface area contributed by atoms with E-state index < -0.39 is 10.0 Å². The standard InChI is InChI=1S/C12H17N3O2S2/c1-4-15(8(2)3)9-5-6-10-11(7-9)18-12(14-10)19(13,16)17/h5-8H,4H2,1-3H3,(H2,13,16,17). The van der Waals surface area contributed by atoms with Gasteiger partial charge in [0.05, 0.1) is 10.2 Å². The number of benzene rings is 1. The topological polar surface area (TPSA) is 76.3 Å². The van der Waals surface area contributed by atoms with Gasteiger partial charge in [0.25, 0.3) is 10.0 Å². The Hall–Kier alpha value is -1.18. The molecule has 1 aromatic heterocycles. The van der Waals surface area contributed by atoms with Crippen LogP contribution in [0.5, 0.6) is 0 Å². The number of fused-ring (bicyclic) bond motifs is 1. The summed E-state index contributed by atoms with van der Waals surface area (Å²) < 4.78 is 23.4.